The number of rotatable bonds is 3. The van der Waals surface area contributed by atoms with Crippen LogP contribution >= 0.6 is 11.6 Å². The topological polar surface area (TPSA) is 37.4 Å². The molecule has 0 aliphatic carbocycles. The van der Waals surface area contributed by atoms with Crippen molar-refractivity contribution in [3.05, 3.63) is 29.8 Å². The Balaban J connectivity index is 2.23. The smallest absolute Gasteiger partial charge is 0.207 e. The Morgan fingerprint density at radius 3 is 2.47 bits per heavy atom. The summed E-state index contributed by atoms with van der Waals surface area (Å²) in [6.07, 6.45) is 1.81. The monoisotopic (exact) mass is 301 g/mol. The van der Waals surface area contributed by atoms with Crippen LogP contribution in [0.3, 0.4) is 0 Å². The van der Waals surface area contributed by atoms with E-state index in [1.165, 1.54) is 0 Å². The molecule has 0 atom stereocenters. The fraction of sp³-hybridized carbons (Fsp3) is 0.571. The third kappa shape index (κ3) is 3.30. The highest BCUT2D eigenvalue weighted by Gasteiger charge is 2.32. The molecule has 19 heavy (non-hydrogen) atoms. The van der Waals surface area contributed by atoms with Gasteiger partial charge in [0.15, 0.2) is 0 Å². The minimum absolute atomic E-state index is 0.240. The SMILES string of the molecule is CC1(C)CCN(S(=O)(=O)c2cccc(CCl)c2)CC1. The number of piperidine rings is 1. The number of hydrogen-bond acceptors (Lipinski definition) is 2. The van der Waals surface area contributed by atoms with Gasteiger partial charge in [0, 0.05) is 19.0 Å². The first kappa shape index (κ1) is 14.8. The molecular formula is C14H20ClNO2S. The molecule has 1 fully saturated rings. The lowest BCUT2D eigenvalue weighted by molar-refractivity contribution is 0.196. The van der Waals surface area contributed by atoms with Crippen molar-refractivity contribution in [2.45, 2.75) is 37.5 Å². The van der Waals surface area contributed by atoms with Gasteiger partial charge >= 0.3 is 0 Å². The molecule has 0 aromatic heterocycles. The first-order valence-corrected chi connectivity index (χ1v) is 8.48. The zero-order valence-electron chi connectivity index (χ0n) is 11.4. The summed E-state index contributed by atoms with van der Waals surface area (Å²) in [5.74, 6) is 0.330. The fourth-order valence-electron chi connectivity index (χ4n) is 2.27. The molecule has 0 unspecified atom stereocenters. The standard InChI is InChI=1S/C14H20ClNO2S/c1-14(2)6-8-16(9-7-14)19(17,18)13-5-3-4-12(10-13)11-15/h3-5,10H,6-9,11H2,1-2H3. The molecule has 2 rings (SSSR count). The lowest BCUT2D eigenvalue weighted by Gasteiger charge is -2.36. The largest absolute Gasteiger partial charge is 0.243 e. The minimum Gasteiger partial charge on any atom is -0.207 e. The van der Waals surface area contributed by atoms with Crippen LogP contribution in [0.15, 0.2) is 29.2 Å². The highest BCUT2D eigenvalue weighted by atomic mass is 35.5. The van der Waals surface area contributed by atoms with Crippen molar-refractivity contribution in [2.75, 3.05) is 13.1 Å². The number of hydrogen-bond donors (Lipinski definition) is 0. The number of benzene rings is 1. The van der Waals surface area contributed by atoms with Crippen molar-refractivity contribution in [1.82, 2.24) is 4.31 Å². The average Bonchev–Trinajstić information content (AvgIpc) is 2.38. The molecule has 106 valence electrons. The van der Waals surface area contributed by atoms with Crippen LogP contribution in [0, 0.1) is 5.41 Å². The van der Waals surface area contributed by atoms with Crippen LogP contribution < -0.4 is 0 Å². The van der Waals surface area contributed by atoms with Gasteiger partial charge in [-0.3, -0.25) is 0 Å². The normalized spacial score (nSPS) is 20.4. The third-order valence-corrected chi connectivity index (χ3v) is 5.97. The van der Waals surface area contributed by atoms with Gasteiger partial charge in [0.05, 0.1) is 4.90 Å². The molecule has 0 saturated carbocycles. The lowest BCUT2D eigenvalue weighted by Crippen LogP contribution is -2.41. The Labute approximate surface area is 120 Å². The van der Waals surface area contributed by atoms with Crippen molar-refractivity contribution in [3.8, 4) is 0 Å². The maximum Gasteiger partial charge on any atom is 0.243 e. The van der Waals surface area contributed by atoms with Gasteiger partial charge in [-0.1, -0.05) is 26.0 Å². The molecule has 0 N–H and O–H groups in total. The van der Waals surface area contributed by atoms with Gasteiger partial charge in [-0.2, -0.15) is 4.31 Å². The minimum atomic E-state index is -3.37. The molecule has 1 aromatic carbocycles. The Kier molecular flexibility index (Phi) is 4.23. The van der Waals surface area contributed by atoms with Crippen LogP contribution in [0.25, 0.3) is 0 Å². The molecule has 1 saturated heterocycles. The Hall–Kier alpha value is -0.580. The third-order valence-electron chi connectivity index (χ3n) is 3.77. The molecule has 1 heterocycles. The molecule has 0 radical (unpaired) electrons. The van der Waals surface area contributed by atoms with Crippen molar-refractivity contribution in [1.29, 1.82) is 0 Å². The first-order valence-electron chi connectivity index (χ1n) is 6.50. The predicted octanol–water partition coefficient (Wildman–Crippen LogP) is 3.24. The zero-order chi connectivity index (χ0) is 14.1. The van der Waals surface area contributed by atoms with Gasteiger partial charge in [0.2, 0.25) is 10.0 Å². The summed E-state index contributed by atoms with van der Waals surface area (Å²) in [6.45, 7) is 5.57. The second-order valence-electron chi connectivity index (χ2n) is 5.85. The zero-order valence-corrected chi connectivity index (χ0v) is 13.0. The van der Waals surface area contributed by atoms with Crippen LogP contribution in [0.4, 0.5) is 0 Å². The van der Waals surface area contributed by atoms with Crippen molar-refractivity contribution < 1.29 is 8.42 Å². The number of halogens is 1. The second kappa shape index (κ2) is 5.43. The number of alkyl halides is 1. The maximum atomic E-state index is 12.5. The highest BCUT2D eigenvalue weighted by Crippen LogP contribution is 2.32. The Morgan fingerprint density at radius 1 is 1.26 bits per heavy atom. The molecular weight excluding hydrogens is 282 g/mol. The number of sulfonamides is 1. The summed E-state index contributed by atoms with van der Waals surface area (Å²) in [4.78, 5) is 0.352. The van der Waals surface area contributed by atoms with E-state index in [0.717, 1.165) is 18.4 Å². The summed E-state index contributed by atoms with van der Waals surface area (Å²) in [7, 11) is -3.37. The van der Waals surface area contributed by atoms with Crippen molar-refractivity contribution in [3.63, 3.8) is 0 Å². The van der Waals surface area contributed by atoms with Gasteiger partial charge < -0.3 is 0 Å². The molecule has 5 heteroatoms. The predicted molar refractivity (Wildman–Crippen MR) is 77.8 cm³/mol. The van der Waals surface area contributed by atoms with Crippen LogP contribution in [-0.4, -0.2) is 25.8 Å². The van der Waals surface area contributed by atoms with E-state index in [0.29, 0.717) is 23.9 Å². The van der Waals surface area contributed by atoms with E-state index in [1.807, 2.05) is 6.07 Å². The van der Waals surface area contributed by atoms with Crippen molar-refractivity contribution >= 4 is 21.6 Å². The molecule has 1 aliphatic heterocycles. The Morgan fingerprint density at radius 2 is 1.89 bits per heavy atom. The van der Waals surface area contributed by atoms with E-state index in [1.54, 1.807) is 22.5 Å². The van der Waals surface area contributed by atoms with E-state index in [2.05, 4.69) is 13.8 Å². The van der Waals surface area contributed by atoms with E-state index < -0.39 is 10.0 Å². The highest BCUT2D eigenvalue weighted by molar-refractivity contribution is 7.89. The summed E-state index contributed by atoms with van der Waals surface area (Å²) in [5.41, 5.74) is 1.07. The Bertz CT molecular complexity index is 544. The second-order valence-corrected chi connectivity index (χ2v) is 8.05. The van der Waals surface area contributed by atoms with Crippen LogP contribution in [0.1, 0.15) is 32.3 Å². The molecule has 3 nitrogen and oxygen atoms in total. The van der Waals surface area contributed by atoms with Crippen LogP contribution in [0.5, 0.6) is 0 Å². The molecule has 1 aromatic rings. The first-order chi connectivity index (χ1) is 8.85. The van der Waals surface area contributed by atoms with Gasteiger partial charge in [-0.25, -0.2) is 8.42 Å². The lowest BCUT2D eigenvalue weighted by atomic mass is 9.83. The molecule has 0 amide bonds. The molecule has 1 aliphatic rings. The van der Waals surface area contributed by atoms with Crippen LogP contribution in [0.2, 0.25) is 0 Å². The van der Waals surface area contributed by atoms with Crippen LogP contribution in [-0.2, 0) is 15.9 Å². The van der Waals surface area contributed by atoms with Gasteiger partial charge in [0.1, 0.15) is 0 Å². The maximum absolute atomic E-state index is 12.5. The van der Waals surface area contributed by atoms with Gasteiger partial charge in [-0.15, -0.1) is 11.6 Å². The summed E-state index contributed by atoms with van der Waals surface area (Å²) < 4.78 is 26.7. The van der Waals surface area contributed by atoms with Gasteiger partial charge in [0.25, 0.3) is 0 Å². The van der Waals surface area contributed by atoms with E-state index in [4.69, 9.17) is 11.6 Å². The van der Waals surface area contributed by atoms with Gasteiger partial charge in [-0.05, 0) is 36.0 Å². The van der Waals surface area contributed by atoms with E-state index in [9.17, 15) is 8.42 Å². The van der Waals surface area contributed by atoms with E-state index in [-0.39, 0.29) is 5.41 Å². The fourth-order valence-corrected chi connectivity index (χ4v) is 3.95. The number of nitrogens with zero attached hydrogens (tertiary/aromatic N) is 1. The van der Waals surface area contributed by atoms with Crippen molar-refractivity contribution in [2.24, 2.45) is 5.41 Å². The molecule has 0 spiro atoms. The summed E-state index contributed by atoms with van der Waals surface area (Å²) >= 11 is 5.76. The molecule has 0 bridgehead atoms. The van der Waals surface area contributed by atoms with E-state index >= 15 is 0 Å². The summed E-state index contributed by atoms with van der Waals surface area (Å²) in [5, 5.41) is 0. The quantitative estimate of drug-likeness (QED) is 0.804. The summed E-state index contributed by atoms with van der Waals surface area (Å²) in [6, 6.07) is 6.90. The average molecular weight is 302 g/mol.